The lowest BCUT2D eigenvalue weighted by atomic mass is 10.5. The molecule has 0 fully saturated rings. The van der Waals surface area contributed by atoms with E-state index in [1.165, 1.54) is 0 Å². The first-order valence-electron chi connectivity index (χ1n) is 3.06. The summed E-state index contributed by atoms with van der Waals surface area (Å²) in [6.07, 6.45) is 0. The van der Waals surface area contributed by atoms with E-state index in [2.05, 4.69) is 23.7 Å². The molecule has 9 heavy (non-hydrogen) atoms. The maximum absolute atomic E-state index is 8.26. The number of rotatable bonds is 2. The Bertz CT molecular complexity index is 112. The molecule has 0 radical (unpaired) electrons. The average Bonchev–Trinajstić information content (AvgIpc) is 1.89. The van der Waals surface area contributed by atoms with E-state index in [4.69, 9.17) is 5.11 Å². The molecule has 0 aliphatic carbocycles. The van der Waals surface area contributed by atoms with Gasteiger partial charge in [0.2, 0.25) is 0 Å². The highest BCUT2D eigenvalue weighted by molar-refractivity contribution is 5.00. The summed E-state index contributed by atoms with van der Waals surface area (Å²) in [5.41, 5.74) is 0. The highest BCUT2D eigenvalue weighted by Crippen LogP contribution is 1.75. The second-order valence-electron chi connectivity index (χ2n) is 1.84. The third-order valence-electron chi connectivity index (χ3n) is 1.09. The topological polar surface area (TPSA) is 23.5 Å². The Morgan fingerprint density at radius 3 is 2.56 bits per heavy atom. The molecule has 0 amide bonds. The predicted octanol–water partition coefficient (Wildman–Crippen LogP) is -0.0662. The Kier molecular flexibility index (Phi) is 5.29. The van der Waals surface area contributed by atoms with Gasteiger partial charge in [-0.3, -0.25) is 4.90 Å². The van der Waals surface area contributed by atoms with Crippen LogP contribution in [0.25, 0.3) is 0 Å². The lowest BCUT2D eigenvalue weighted by molar-refractivity contribution is 0.349. The number of nitrogens with zero attached hydrogens (tertiary/aromatic N) is 1. The molecule has 0 spiro atoms. The maximum atomic E-state index is 8.26. The molecule has 0 aliphatic heterocycles. The molecular formula is C7H13NO. The fraction of sp³-hybridized carbons (Fsp3) is 0.714. The molecule has 0 aromatic rings. The van der Waals surface area contributed by atoms with Gasteiger partial charge in [0.05, 0.1) is 6.54 Å². The molecule has 1 N–H and O–H groups in total. The molecule has 52 valence electrons. The second kappa shape index (κ2) is 5.61. The van der Waals surface area contributed by atoms with Crippen molar-refractivity contribution in [3.63, 3.8) is 0 Å². The van der Waals surface area contributed by atoms with Crippen molar-refractivity contribution in [2.75, 3.05) is 26.7 Å². The van der Waals surface area contributed by atoms with Gasteiger partial charge >= 0.3 is 0 Å². The SMILES string of the molecule is CCN(C)CC#CCO. The van der Waals surface area contributed by atoms with Crippen LogP contribution in [0.1, 0.15) is 6.92 Å². The van der Waals surface area contributed by atoms with E-state index in [0.717, 1.165) is 13.1 Å². The second-order valence-corrected chi connectivity index (χ2v) is 1.84. The van der Waals surface area contributed by atoms with Crippen molar-refractivity contribution in [2.24, 2.45) is 0 Å². The fourth-order valence-electron chi connectivity index (χ4n) is 0.359. The molecule has 2 nitrogen and oxygen atoms in total. The summed E-state index contributed by atoms with van der Waals surface area (Å²) in [6, 6.07) is 0. The van der Waals surface area contributed by atoms with Crippen molar-refractivity contribution in [3.8, 4) is 11.8 Å². The van der Waals surface area contributed by atoms with E-state index in [-0.39, 0.29) is 6.61 Å². The van der Waals surface area contributed by atoms with E-state index in [1.807, 2.05) is 7.05 Å². The van der Waals surface area contributed by atoms with Gasteiger partial charge in [-0.2, -0.15) is 0 Å². The minimum absolute atomic E-state index is 0.0302. The maximum Gasteiger partial charge on any atom is 0.104 e. The van der Waals surface area contributed by atoms with Crippen LogP contribution in [0.3, 0.4) is 0 Å². The minimum Gasteiger partial charge on any atom is -0.384 e. The summed E-state index contributed by atoms with van der Waals surface area (Å²) in [6.45, 7) is 3.79. The molecule has 2 heteroatoms. The first kappa shape index (κ1) is 8.48. The summed E-state index contributed by atoms with van der Waals surface area (Å²) >= 11 is 0. The summed E-state index contributed by atoms with van der Waals surface area (Å²) in [5, 5.41) is 8.26. The van der Waals surface area contributed by atoms with E-state index >= 15 is 0 Å². The summed E-state index contributed by atoms with van der Waals surface area (Å²) in [7, 11) is 1.99. The van der Waals surface area contributed by atoms with Gasteiger partial charge in [0.15, 0.2) is 0 Å². The Morgan fingerprint density at radius 1 is 1.44 bits per heavy atom. The standard InChI is InChI=1S/C7H13NO/c1-3-8(2)6-4-5-7-9/h9H,3,6-7H2,1-2H3. The third kappa shape index (κ3) is 5.35. The van der Waals surface area contributed by atoms with Crippen molar-refractivity contribution < 1.29 is 5.11 Å². The molecule has 0 aromatic carbocycles. The van der Waals surface area contributed by atoms with Gasteiger partial charge in [-0.15, -0.1) is 0 Å². The van der Waals surface area contributed by atoms with Crippen LogP contribution in [-0.4, -0.2) is 36.8 Å². The van der Waals surface area contributed by atoms with Crippen LogP contribution >= 0.6 is 0 Å². The minimum atomic E-state index is -0.0302. The van der Waals surface area contributed by atoms with Crippen molar-refractivity contribution in [2.45, 2.75) is 6.92 Å². The number of hydrogen-bond acceptors (Lipinski definition) is 2. The molecule has 0 bridgehead atoms. The summed E-state index contributed by atoms with van der Waals surface area (Å²) in [4.78, 5) is 2.07. The highest BCUT2D eigenvalue weighted by atomic mass is 16.2. The van der Waals surface area contributed by atoms with Gasteiger partial charge in [-0.05, 0) is 13.6 Å². The molecule has 0 unspecified atom stereocenters. The van der Waals surface area contributed by atoms with E-state index in [9.17, 15) is 0 Å². The molecule has 0 aromatic heterocycles. The molecule has 0 rings (SSSR count). The third-order valence-corrected chi connectivity index (χ3v) is 1.09. The zero-order valence-electron chi connectivity index (χ0n) is 6.02. The zero-order chi connectivity index (χ0) is 7.11. The first-order valence-corrected chi connectivity index (χ1v) is 3.06. The van der Waals surface area contributed by atoms with Crippen LogP contribution in [0.4, 0.5) is 0 Å². The fourth-order valence-corrected chi connectivity index (χ4v) is 0.359. The van der Waals surface area contributed by atoms with E-state index in [1.54, 1.807) is 0 Å². The Morgan fingerprint density at radius 2 is 2.11 bits per heavy atom. The average molecular weight is 127 g/mol. The van der Waals surface area contributed by atoms with Crippen molar-refractivity contribution in [3.05, 3.63) is 0 Å². The molecule has 0 aliphatic rings. The summed E-state index contributed by atoms with van der Waals surface area (Å²) < 4.78 is 0. The van der Waals surface area contributed by atoms with Crippen LogP contribution < -0.4 is 0 Å². The quantitative estimate of drug-likeness (QED) is 0.525. The van der Waals surface area contributed by atoms with Gasteiger partial charge in [-0.1, -0.05) is 18.8 Å². The van der Waals surface area contributed by atoms with Crippen LogP contribution in [0, 0.1) is 11.8 Å². The van der Waals surface area contributed by atoms with Crippen molar-refractivity contribution in [1.82, 2.24) is 4.90 Å². The molecule has 0 saturated heterocycles. The monoisotopic (exact) mass is 127 g/mol. The Hall–Kier alpha value is -0.520. The van der Waals surface area contributed by atoms with Gasteiger partial charge in [0, 0.05) is 0 Å². The van der Waals surface area contributed by atoms with Crippen LogP contribution in [0.15, 0.2) is 0 Å². The molecule has 0 atom stereocenters. The lowest BCUT2D eigenvalue weighted by Gasteiger charge is -2.07. The Balaban J connectivity index is 3.25. The molecule has 0 saturated carbocycles. The molecular weight excluding hydrogens is 114 g/mol. The molecule has 0 heterocycles. The van der Waals surface area contributed by atoms with E-state index in [0.29, 0.717) is 0 Å². The largest absolute Gasteiger partial charge is 0.384 e. The van der Waals surface area contributed by atoms with Crippen LogP contribution in [0.2, 0.25) is 0 Å². The summed E-state index contributed by atoms with van der Waals surface area (Å²) in [5.74, 6) is 5.39. The van der Waals surface area contributed by atoms with Crippen molar-refractivity contribution >= 4 is 0 Å². The lowest BCUT2D eigenvalue weighted by Crippen LogP contribution is -2.17. The van der Waals surface area contributed by atoms with Crippen molar-refractivity contribution in [1.29, 1.82) is 0 Å². The number of aliphatic hydroxyl groups excluding tert-OH is 1. The first-order chi connectivity index (χ1) is 4.31. The smallest absolute Gasteiger partial charge is 0.104 e. The number of aliphatic hydroxyl groups is 1. The predicted molar refractivity (Wildman–Crippen MR) is 38.0 cm³/mol. The van der Waals surface area contributed by atoms with Crippen LogP contribution in [0.5, 0.6) is 0 Å². The van der Waals surface area contributed by atoms with Gasteiger partial charge in [0.25, 0.3) is 0 Å². The van der Waals surface area contributed by atoms with Gasteiger partial charge in [-0.25, -0.2) is 0 Å². The van der Waals surface area contributed by atoms with E-state index < -0.39 is 0 Å². The van der Waals surface area contributed by atoms with Gasteiger partial charge in [0.1, 0.15) is 6.61 Å². The normalized spacial score (nSPS) is 8.89. The zero-order valence-corrected chi connectivity index (χ0v) is 6.02. The van der Waals surface area contributed by atoms with Crippen LogP contribution in [-0.2, 0) is 0 Å². The number of hydrogen-bond donors (Lipinski definition) is 1. The Labute approximate surface area is 56.5 Å². The highest BCUT2D eigenvalue weighted by Gasteiger charge is 1.85. The van der Waals surface area contributed by atoms with Gasteiger partial charge < -0.3 is 5.11 Å².